The summed E-state index contributed by atoms with van der Waals surface area (Å²) in [7, 11) is 0. The van der Waals surface area contributed by atoms with Gasteiger partial charge in [-0.25, -0.2) is 0 Å². The van der Waals surface area contributed by atoms with Gasteiger partial charge in [0.05, 0.1) is 0 Å². The molecule has 0 radical (unpaired) electrons. The van der Waals surface area contributed by atoms with Crippen molar-refractivity contribution in [3.63, 3.8) is 0 Å². The molecule has 15 nitrogen and oxygen atoms in total. The molecule has 16 heteroatoms. The van der Waals surface area contributed by atoms with Crippen molar-refractivity contribution < 1.29 is 53.6 Å². The Morgan fingerprint density at radius 2 is 1.12 bits per heavy atom. The summed E-state index contributed by atoms with van der Waals surface area (Å²) in [4.78, 5) is 0. The molecule has 2 atom stereocenters. The van der Waals surface area contributed by atoms with Crippen LogP contribution in [0.3, 0.4) is 0 Å². The zero-order valence-corrected chi connectivity index (χ0v) is 13.1. The fourth-order valence-electron chi connectivity index (χ4n) is 1.21. The van der Waals surface area contributed by atoms with E-state index in [9.17, 15) is 14.4 Å². The predicted octanol–water partition coefficient (Wildman–Crippen LogP) is -7.15. The Labute approximate surface area is 138 Å². The van der Waals surface area contributed by atoms with Crippen LogP contribution >= 0.6 is 0 Å². The Kier molecular flexibility index (Phi) is 9.74. The van der Waals surface area contributed by atoms with E-state index in [4.69, 9.17) is 42.1 Å². The van der Waals surface area contributed by atoms with Crippen molar-refractivity contribution in [3.8, 4) is 0 Å². The highest BCUT2D eigenvalue weighted by atomic mass is 32.2. The lowest BCUT2D eigenvalue weighted by atomic mass is 10.4. The first-order valence-corrected chi connectivity index (χ1v) is 7.27. The van der Waals surface area contributed by atoms with Crippen LogP contribution in [0.1, 0.15) is 0 Å². The van der Waals surface area contributed by atoms with E-state index in [0.29, 0.717) is 0 Å². The van der Waals surface area contributed by atoms with Crippen molar-refractivity contribution in [2.24, 2.45) is 11.5 Å². The third-order valence-electron chi connectivity index (χ3n) is 2.25. The maximum Gasteiger partial charge on any atom is 0.340 e. The van der Waals surface area contributed by atoms with Gasteiger partial charge in [0.15, 0.2) is 0 Å². The fraction of sp³-hybridized carbons (Fsp3) is 1.00. The van der Waals surface area contributed by atoms with Crippen LogP contribution in [0.15, 0.2) is 0 Å². The maximum absolute atomic E-state index is 11.7. The van der Waals surface area contributed by atoms with Gasteiger partial charge in [0.1, 0.15) is 0 Å². The van der Waals surface area contributed by atoms with Gasteiger partial charge in [-0.05, 0) is 0 Å². The first-order valence-electron chi connectivity index (χ1n) is 6.27. The minimum atomic E-state index is -3.66. The van der Waals surface area contributed by atoms with Crippen LogP contribution < -0.4 is 11.5 Å². The first kappa shape index (κ1) is 23.6. The number of nitrogens with zero attached hydrogens (tertiary/aromatic N) is 2. The number of hydrogen-bond acceptors (Lipinski definition) is 15. The third-order valence-corrected chi connectivity index (χ3v) is 2.88. The quantitative estimate of drug-likeness (QED) is 0.111. The second kappa shape index (κ2) is 9.91. The number of hydrogen-bond donors (Lipinski definition) is 10. The van der Waals surface area contributed by atoms with Gasteiger partial charge in [-0.3, -0.25) is 0 Å². The van der Waals surface area contributed by atoms with Crippen LogP contribution in [0.4, 0.5) is 0 Å². The molecule has 0 saturated heterocycles. The topological polar surface area (TPSA) is 256 Å². The van der Waals surface area contributed by atoms with E-state index in [2.05, 4.69) is 8.57 Å². The summed E-state index contributed by atoms with van der Waals surface area (Å²) in [5, 5.41) is 72.3. The van der Waals surface area contributed by atoms with E-state index in [1.165, 1.54) is 0 Å². The van der Waals surface area contributed by atoms with Crippen molar-refractivity contribution in [1.29, 1.82) is 0 Å². The molecule has 0 aromatic rings. The maximum atomic E-state index is 11.7. The summed E-state index contributed by atoms with van der Waals surface area (Å²) < 4.78 is 20.6. The molecule has 0 fully saturated rings. The molecule has 24 heavy (non-hydrogen) atoms. The molecule has 0 rings (SSSR count). The highest BCUT2D eigenvalue weighted by Gasteiger charge is 2.40. The summed E-state index contributed by atoms with van der Waals surface area (Å²) in [6.07, 6.45) is -5.04. The van der Waals surface area contributed by atoms with Gasteiger partial charge in [-0.15, -0.1) is 10.1 Å². The van der Waals surface area contributed by atoms with Crippen LogP contribution in [-0.2, 0) is 19.9 Å². The minimum absolute atomic E-state index is 0.174. The van der Waals surface area contributed by atoms with Crippen LogP contribution in [0, 0.1) is 0 Å². The highest BCUT2D eigenvalue weighted by Crippen LogP contribution is 2.13. The van der Waals surface area contributed by atoms with Crippen molar-refractivity contribution >= 4 is 11.4 Å². The van der Waals surface area contributed by atoms with Crippen molar-refractivity contribution in [2.45, 2.75) is 24.4 Å². The number of hydroxylamine groups is 4. The average Bonchev–Trinajstić information content (AvgIpc) is 2.42. The van der Waals surface area contributed by atoms with Gasteiger partial charge >= 0.3 is 23.3 Å². The second-order valence-electron chi connectivity index (χ2n) is 4.33. The fourth-order valence-corrected chi connectivity index (χ4v) is 1.86. The number of aliphatic hydroxyl groups is 8. The summed E-state index contributed by atoms with van der Waals surface area (Å²) >= 11 is -2.94. The van der Waals surface area contributed by atoms with Crippen molar-refractivity contribution in [3.05, 3.63) is 0 Å². The Hall–Kier alpha value is -0.410. The summed E-state index contributed by atoms with van der Waals surface area (Å²) in [6, 6.07) is 0. The zero-order chi connectivity index (χ0) is 19.1. The minimum Gasteiger partial charge on any atom is -0.369 e. The van der Waals surface area contributed by atoms with Crippen molar-refractivity contribution in [2.75, 3.05) is 26.2 Å². The highest BCUT2D eigenvalue weighted by molar-refractivity contribution is 7.75. The standard InChI is InChI=1S/C8H22N4O11S/c9-1-3-11(5(13)7(15,16)17)22-24(21)23-12(4-2-10)6(14)8(18,19)20/h5-6,13-20H,1-4,9-10H2. The monoisotopic (exact) mass is 382 g/mol. The SMILES string of the molecule is NCCN(OS(=O)ON(CCN)C(O)C(O)(O)O)C(O)C(O)(O)O. The summed E-state index contributed by atoms with van der Waals surface area (Å²) in [5.41, 5.74) is 10.3. The molecule has 0 bridgehead atoms. The van der Waals surface area contributed by atoms with E-state index < -0.39 is 48.9 Å². The van der Waals surface area contributed by atoms with Gasteiger partial charge in [-0.2, -0.15) is 12.8 Å². The molecule has 0 spiro atoms. The van der Waals surface area contributed by atoms with Crippen molar-refractivity contribution in [1.82, 2.24) is 10.1 Å². The molecule has 0 heterocycles. The zero-order valence-electron chi connectivity index (χ0n) is 12.2. The Bertz CT molecular complexity index is 355. The van der Waals surface area contributed by atoms with Gasteiger partial charge in [0, 0.05) is 26.2 Å². The average molecular weight is 382 g/mol. The summed E-state index contributed by atoms with van der Waals surface area (Å²) in [5.74, 6) is -7.32. The Morgan fingerprint density at radius 3 is 1.33 bits per heavy atom. The molecule has 0 aliphatic heterocycles. The Balaban J connectivity index is 4.96. The second-order valence-corrected chi connectivity index (χ2v) is 5.04. The molecule has 12 N–H and O–H groups in total. The molecule has 0 aliphatic carbocycles. The summed E-state index contributed by atoms with van der Waals surface area (Å²) in [6.45, 7) is -1.45. The van der Waals surface area contributed by atoms with E-state index in [1.54, 1.807) is 0 Å². The largest absolute Gasteiger partial charge is 0.369 e. The molecule has 0 aromatic carbocycles. The van der Waals surface area contributed by atoms with Gasteiger partial charge in [0.2, 0.25) is 12.5 Å². The van der Waals surface area contributed by atoms with E-state index in [-0.39, 0.29) is 23.2 Å². The predicted molar refractivity (Wildman–Crippen MR) is 72.6 cm³/mol. The number of nitrogens with two attached hydrogens (primary N) is 2. The van der Waals surface area contributed by atoms with Crippen LogP contribution in [-0.4, -0.2) is 106 Å². The molecular formula is C8H22N4O11S. The lowest BCUT2D eigenvalue weighted by molar-refractivity contribution is -0.409. The van der Waals surface area contributed by atoms with Gasteiger partial charge in [0.25, 0.3) is 0 Å². The van der Waals surface area contributed by atoms with Crippen LogP contribution in [0.2, 0.25) is 0 Å². The lowest BCUT2D eigenvalue weighted by Gasteiger charge is -2.32. The van der Waals surface area contributed by atoms with Crippen LogP contribution in [0.5, 0.6) is 0 Å². The molecule has 0 aliphatic rings. The Morgan fingerprint density at radius 1 is 0.833 bits per heavy atom. The smallest absolute Gasteiger partial charge is 0.340 e. The number of rotatable bonds is 12. The molecule has 0 aromatic heterocycles. The van der Waals surface area contributed by atoms with E-state index in [1.807, 2.05) is 0 Å². The first-order chi connectivity index (χ1) is 10.8. The van der Waals surface area contributed by atoms with Gasteiger partial charge < -0.3 is 52.3 Å². The molecule has 2 unspecified atom stereocenters. The lowest BCUT2D eigenvalue weighted by Crippen LogP contribution is -2.56. The molecule has 0 amide bonds. The van der Waals surface area contributed by atoms with Crippen LogP contribution in [0.25, 0.3) is 0 Å². The van der Waals surface area contributed by atoms with E-state index in [0.717, 1.165) is 0 Å². The number of aliphatic hydroxyl groups excluding tert-OH is 2. The van der Waals surface area contributed by atoms with Gasteiger partial charge in [-0.1, -0.05) is 0 Å². The molecule has 146 valence electrons. The van der Waals surface area contributed by atoms with E-state index >= 15 is 0 Å². The molecule has 0 saturated carbocycles. The third kappa shape index (κ3) is 8.11. The normalized spacial score (nSPS) is 17.3. The molecular weight excluding hydrogens is 360 g/mol.